The van der Waals surface area contributed by atoms with Crippen molar-refractivity contribution in [3.63, 3.8) is 0 Å². The fourth-order valence-electron chi connectivity index (χ4n) is 1.82. The minimum Gasteiger partial charge on any atom is -0.396 e. The van der Waals surface area contributed by atoms with Crippen molar-refractivity contribution in [2.75, 3.05) is 26.2 Å². The lowest BCUT2D eigenvalue weighted by molar-refractivity contribution is 0.192. The molecule has 0 aliphatic heterocycles. The van der Waals surface area contributed by atoms with Gasteiger partial charge in [-0.2, -0.15) is 0 Å². The molecular weight excluding hydrogens is 150 g/mol. The van der Waals surface area contributed by atoms with E-state index in [2.05, 4.69) is 18.7 Å². The molecule has 1 rings (SSSR count). The smallest absolute Gasteiger partial charge is 0.0436 e. The first-order chi connectivity index (χ1) is 5.76. The first-order valence-electron chi connectivity index (χ1n) is 5.09. The zero-order valence-electron chi connectivity index (χ0n) is 8.34. The van der Waals surface area contributed by atoms with E-state index in [0.717, 1.165) is 19.5 Å². The number of nitrogens with zero attached hydrogens (tertiary/aromatic N) is 1. The molecule has 2 heteroatoms. The maximum Gasteiger partial charge on any atom is 0.0436 e. The van der Waals surface area contributed by atoms with Crippen molar-refractivity contribution in [2.24, 2.45) is 5.41 Å². The monoisotopic (exact) mass is 171 g/mol. The average Bonchev–Trinajstić information content (AvgIpc) is 2.82. The second-order valence-corrected chi connectivity index (χ2v) is 3.93. The maximum atomic E-state index is 8.88. The van der Waals surface area contributed by atoms with Crippen molar-refractivity contribution < 1.29 is 5.11 Å². The molecule has 0 radical (unpaired) electrons. The van der Waals surface area contributed by atoms with E-state index in [4.69, 9.17) is 5.11 Å². The number of rotatable bonds is 6. The minimum atomic E-state index is 0.362. The van der Waals surface area contributed by atoms with Crippen LogP contribution in [0.3, 0.4) is 0 Å². The Morgan fingerprint density at radius 1 is 1.25 bits per heavy atom. The second kappa shape index (κ2) is 4.24. The molecule has 0 atom stereocenters. The van der Waals surface area contributed by atoms with Crippen molar-refractivity contribution in [3.05, 3.63) is 0 Å². The molecule has 0 aromatic carbocycles. The Bertz CT molecular complexity index is 128. The Morgan fingerprint density at radius 3 is 2.17 bits per heavy atom. The third-order valence-electron chi connectivity index (χ3n) is 3.05. The first kappa shape index (κ1) is 10.0. The molecule has 0 aromatic rings. The van der Waals surface area contributed by atoms with Gasteiger partial charge in [0, 0.05) is 13.2 Å². The van der Waals surface area contributed by atoms with Gasteiger partial charge in [-0.25, -0.2) is 0 Å². The fourth-order valence-corrected chi connectivity index (χ4v) is 1.82. The molecule has 0 aromatic heterocycles. The minimum absolute atomic E-state index is 0.362. The summed E-state index contributed by atoms with van der Waals surface area (Å²) >= 11 is 0. The van der Waals surface area contributed by atoms with Gasteiger partial charge in [-0.05, 0) is 37.8 Å². The third kappa shape index (κ3) is 2.46. The van der Waals surface area contributed by atoms with Gasteiger partial charge in [0.15, 0.2) is 0 Å². The molecule has 1 aliphatic rings. The number of aliphatic hydroxyl groups excluding tert-OH is 1. The van der Waals surface area contributed by atoms with Gasteiger partial charge in [0.2, 0.25) is 0 Å². The molecule has 1 N–H and O–H groups in total. The van der Waals surface area contributed by atoms with Crippen LogP contribution in [0.15, 0.2) is 0 Å². The molecule has 0 saturated heterocycles. The highest BCUT2D eigenvalue weighted by atomic mass is 16.3. The quantitative estimate of drug-likeness (QED) is 0.654. The Labute approximate surface area is 75.6 Å². The van der Waals surface area contributed by atoms with Crippen LogP contribution < -0.4 is 0 Å². The number of hydrogen-bond donors (Lipinski definition) is 1. The molecule has 1 saturated carbocycles. The van der Waals surface area contributed by atoms with Crippen molar-refractivity contribution >= 4 is 0 Å². The van der Waals surface area contributed by atoms with Crippen LogP contribution >= 0.6 is 0 Å². The number of hydrogen-bond acceptors (Lipinski definition) is 2. The van der Waals surface area contributed by atoms with Gasteiger partial charge in [-0.1, -0.05) is 13.8 Å². The van der Waals surface area contributed by atoms with E-state index < -0.39 is 0 Å². The Kier molecular flexibility index (Phi) is 3.53. The van der Waals surface area contributed by atoms with Gasteiger partial charge in [0.1, 0.15) is 0 Å². The second-order valence-electron chi connectivity index (χ2n) is 3.93. The lowest BCUT2D eigenvalue weighted by Gasteiger charge is -2.24. The predicted octanol–water partition coefficient (Wildman–Crippen LogP) is 1.49. The lowest BCUT2D eigenvalue weighted by atomic mass is 10.0. The topological polar surface area (TPSA) is 23.5 Å². The molecule has 0 unspecified atom stereocenters. The molecule has 1 fully saturated rings. The zero-order valence-corrected chi connectivity index (χ0v) is 8.34. The Morgan fingerprint density at radius 2 is 1.83 bits per heavy atom. The maximum absolute atomic E-state index is 8.88. The molecule has 72 valence electrons. The van der Waals surface area contributed by atoms with Crippen LogP contribution in [0.1, 0.15) is 33.1 Å². The molecule has 1 aliphatic carbocycles. The summed E-state index contributed by atoms with van der Waals surface area (Å²) in [4.78, 5) is 2.46. The summed E-state index contributed by atoms with van der Waals surface area (Å²) in [6.45, 7) is 8.26. The first-order valence-corrected chi connectivity index (χ1v) is 5.09. The van der Waals surface area contributed by atoms with Gasteiger partial charge >= 0.3 is 0 Å². The third-order valence-corrected chi connectivity index (χ3v) is 3.05. The molecule has 12 heavy (non-hydrogen) atoms. The van der Waals surface area contributed by atoms with E-state index in [9.17, 15) is 0 Å². The van der Waals surface area contributed by atoms with Crippen LogP contribution in [-0.2, 0) is 0 Å². The molecular formula is C10H21NO. The van der Waals surface area contributed by atoms with Crippen LogP contribution in [0.2, 0.25) is 0 Å². The Hall–Kier alpha value is -0.0800. The molecule has 0 amide bonds. The van der Waals surface area contributed by atoms with E-state index in [1.54, 1.807) is 0 Å². The molecule has 2 nitrogen and oxygen atoms in total. The summed E-state index contributed by atoms with van der Waals surface area (Å²) in [5, 5.41) is 8.88. The highest BCUT2D eigenvalue weighted by molar-refractivity contribution is 4.94. The van der Waals surface area contributed by atoms with E-state index in [1.807, 2.05) is 0 Å². The van der Waals surface area contributed by atoms with Gasteiger partial charge < -0.3 is 10.0 Å². The van der Waals surface area contributed by atoms with E-state index in [-0.39, 0.29) is 0 Å². The van der Waals surface area contributed by atoms with Gasteiger partial charge in [-0.15, -0.1) is 0 Å². The summed E-state index contributed by atoms with van der Waals surface area (Å²) in [6, 6.07) is 0. The predicted molar refractivity (Wildman–Crippen MR) is 51.2 cm³/mol. The van der Waals surface area contributed by atoms with Crippen molar-refractivity contribution in [2.45, 2.75) is 33.1 Å². The molecule has 0 spiro atoms. The van der Waals surface area contributed by atoms with Crippen molar-refractivity contribution in [1.82, 2.24) is 4.90 Å². The van der Waals surface area contributed by atoms with Crippen LogP contribution in [0.25, 0.3) is 0 Å². The molecule has 0 heterocycles. The summed E-state index contributed by atoms with van der Waals surface area (Å²) in [5.74, 6) is 0. The Balaban J connectivity index is 2.28. The summed E-state index contributed by atoms with van der Waals surface area (Å²) in [6.07, 6.45) is 3.65. The van der Waals surface area contributed by atoms with Crippen LogP contribution in [-0.4, -0.2) is 36.2 Å². The van der Waals surface area contributed by atoms with Crippen molar-refractivity contribution in [1.29, 1.82) is 0 Å². The van der Waals surface area contributed by atoms with Crippen LogP contribution in [0.4, 0.5) is 0 Å². The average molecular weight is 171 g/mol. The van der Waals surface area contributed by atoms with Gasteiger partial charge in [-0.3, -0.25) is 0 Å². The fraction of sp³-hybridized carbons (Fsp3) is 1.00. The lowest BCUT2D eigenvalue weighted by Crippen LogP contribution is -2.30. The van der Waals surface area contributed by atoms with E-state index in [0.29, 0.717) is 12.0 Å². The van der Waals surface area contributed by atoms with Gasteiger partial charge in [0.05, 0.1) is 0 Å². The highest BCUT2D eigenvalue weighted by Crippen LogP contribution is 2.49. The summed E-state index contributed by atoms with van der Waals surface area (Å²) < 4.78 is 0. The van der Waals surface area contributed by atoms with Crippen LogP contribution in [0.5, 0.6) is 0 Å². The van der Waals surface area contributed by atoms with Gasteiger partial charge in [0.25, 0.3) is 0 Å². The molecule has 0 bridgehead atoms. The van der Waals surface area contributed by atoms with Crippen molar-refractivity contribution in [3.8, 4) is 0 Å². The summed E-state index contributed by atoms with van der Waals surface area (Å²) in [5.41, 5.74) is 0.501. The number of aliphatic hydroxyl groups is 1. The standard InChI is InChI=1S/C10H21NO/c1-3-11(4-2)9-10(5-6-10)7-8-12/h12H,3-9H2,1-2H3. The van der Waals surface area contributed by atoms with Crippen LogP contribution in [0, 0.1) is 5.41 Å². The van der Waals surface area contributed by atoms with E-state index >= 15 is 0 Å². The summed E-state index contributed by atoms with van der Waals surface area (Å²) in [7, 11) is 0. The van der Waals surface area contributed by atoms with E-state index in [1.165, 1.54) is 19.4 Å². The normalized spacial score (nSPS) is 20.0. The highest BCUT2D eigenvalue weighted by Gasteiger charge is 2.42. The zero-order chi connectivity index (χ0) is 9.03. The SMILES string of the molecule is CCN(CC)CC1(CCO)CC1. The largest absolute Gasteiger partial charge is 0.396 e.